The zero-order valence-corrected chi connectivity index (χ0v) is 11.1. The van der Waals surface area contributed by atoms with Crippen molar-refractivity contribution in [2.24, 2.45) is 5.84 Å². The summed E-state index contributed by atoms with van der Waals surface area (Å²) in [7, 11) is 0. The van der Waals surface area contributed by atoms with Crippen molar-refractivity contribution >= 4 is 33.3 Å². The quantitative estimate of drug-likeness (QED) is 0.501. The van der Waals surface area contributed by atoms with Gasteiger partial charge in [-0.25, -0.2) is 10.8 Å². The molecular weight excluding hydrogens is 262 g/mol. The molecule has 0 radical (unpaired) electrons. The van der Waals surface area contributed by atoms with Gasteiger partial charge in [0.25, 0.3) is 0 Å². The Bertz CT molecular complexity index is 705. The van der Waals surface area contributed by atoms with Crippen LogP contribution in [0, 0.1) is 6.92 Å². The lowest BCUT2D eigenvalue weighted by Crippen LogP contribution is -2.12. The minimum atomic E-state index is 0.396. The van der Waals surface area contributed by atoms with E-state index in [1.807, 2.05) is 30.5 Å². The van der Waals surface area contributed by atoms with Gasteiger partial charge in [-0.15, -0.1) is 11.3 Å². The lowest BCUT2D eigenvalue weighted by molar-refractivity contribution is 0.490. The highest BCUT2D eigenvalue weighted by molar-refractivity contribution is 7.16. The molecule has 6 nitrogen and oxygen atoms in total. The van der Waals surface area contributed by atoms with E-state index in [2.05, 4.69) is 20.7 Å². The zero-order chi connectivity index (χ0) is 13.2. The molecule has 0 aromatic carbocycles. The number of nitrogens with zero attached hydrogens (tertiary/aromatic N) is 2. The first-order chi connectivity index (χ1) is 9.26. The largest absolute Gasteiger partial charge is 0.465 e. The van der Waals surface area contributed by atoms with E-state index < -0.39 is 0 Å². The van der Waals surface area contributed by atoms with Gasteiger partial charge < -0.3 is 9.73 Å². The molecule has 3 aromatic heterocycles. The second-order valence-corrected chi connectivity index (χ2v) is 4.94. The lowest BCUT2D eigenvalue weighted by Gasteiger charge is -2.07. The molecule has 0 amide bonds. The average Bonchev–Trinajstić information content (AvgIpc) is 3.04. The van der Waals surface area contributed by atoms with Gasteiger partial charge in [0.05, 0.1) is 11.9 Å². The Morgan fingerprint density at radius 3 is 2.95 bits per heavy atom. The van der Waals surface area contributed by atoms with Crippen molar-refractivity contribution < 1.29 is 4.42 Å². The highest BCUT2D eigenvalue weighted by Crippen LogP contribution is 2.26. The van der Waals surface area contributed by atoms with Crippen LogP contribution < -0.4 is 16.6 Å². The van der Waals surface area contributed by atoms with Crippen LogP contribution in [0.3, 0.4) is 0 Å². The summed E-state index contributed by atoms with van der Waals surface area (Å²) < 4.78 is 5.51. The fourth-order valence-electron chi connectivity index (χ4n) is 1.81. The SMILES string of the molecule is Cc1ccc(CNc2nc(NN)nc3sccc23)o1. The first kappa shape index (κ1) is 11.9. The van der Waals surface area contributed by atoms with Gasteiger partial charge in [-0.3, -0.25) is 5.43 Å². The number of hydrogen-bond donors (Lipinski definition) is 3. The van der Waals surface area contributed by atoms with E-state index in [-0.39, 0.29) is 0 Å². The predicted molar refractivity (Wildman–Crippen MR) is 76.0 cm³/mol. The monoisotopic (exact) mass is 275 g/mol. The molecule has 3 heterocycles. The van der Waals surface area contributed by atoms with Crippen LogP contribution in [0.1, 0.15) is 11.5 Å². The molecule has 3 aromatic rings. The van der Waals surface area contributed by atoms with Crippen molar-refractivity contribution in [3.05, 3.63) is 35.1 Å². The maximum Gasteiger partial charge on any atom is 0.240 e. The Morgan fingerprint density at radius 1 is 1.32 bits per heavy atom. The van der Waals surface area contributed by atoms with Crippen molar-refractivity contribution in [2.45, 2.75) is 13.5 Å². The predicted octanol–water partition coefficient (Wildman–Crippen LogP) is 2.49. The van der Waals surface area contributed by atoms with Crippen LogP contribution in [-0.4, -0.2) is 9.97 Å². The van der Waals surface area contributed by atoms with Crippen molar-refractivity contribution in [1.82, 2.24) is 9.97 Å². The molecule has 4 N–H and O–H groups in total. The maximum atomic E-state index is 5.51. The summed E-state index contributed by atoms with van der Waals surface area (Å²) in [5, 5.41) is 6.20. The van der Waals surface area contributed by atoms with Crippen LogP contribution >= 0.6 is 11.3 Å². The minimum absolute atomic E-state index is 0.396. The molecule has 0 saturated heterocycles. The van der Waals surface area contributed by atoms with Crippen LogP contribution in [0.15, 0.2) is 28.0 Å². The van der Waals surface area contributed by atoms with Crippen LogP contribution in [-0.2, 0) is 6.54 Å². The van der Waals surface area contributed by atoms with Gasteiger partial charge in [-0.05, 0) is 30.5 Å². The van der Waals surface area contributed by atoms with Gasteiger partial charge in [0.15, 0.2) is 0 Å². The zero-order valence-electron chi connectivity index (χ0n) is 10.3. The summed E-state index contributed by atoms with van der Waals surface area (Å²) in [6, 6.07) is 5.86. The number of hydrogen-bond acceptors (Lipinski definition) is 7. The molecule has 0 aliphatic heterocycles. The molecule has 98 valence electrons. The number of aryl methyl sites for hydroxylation is 1. The standard InChI is InChI=1S/C12H13N5OS/c1-7-2-3-8(18-7)6-14-10-9-4-5-19-11(9)16-12(15-10)17-13/h2-5H,6,13H2,1H3,(H2,14,15,16,17). The molecule has 0 aliphatic rings. The van der Waals surface area contributed by atoms with Crippen LogP contribution in [0.25, 0.3) is 10.2 Å². The van der Waals surface area contributed by atoms with Crippen LogP contribution in [0.2, 0.25) is 0 Å². The topological polar surface area (TPSA) is 89.0 Å². The number of rotatable bonds is 4. The van der Waals surface area contributed by atoms with Crippen molar-refractivity contribution in [3.8, 4) is 0 Å². The summed E-state index contributed by atoms with van der Waals surface area (Å²) in [4.78, 5) is 9.49. The second kappa shape index (κ2) is 4.87. The summed E-state index contributed by atoms with van der Waals surface area (Å²) in [5.74, 6) is 8.27. The number of nitrogen functional groups attached to an aromatic ring is 1. The summed E-state index contributed by atoms with van der Waals surface area (Å²) in [5.41, 5.74) is 2.47. The molecule has 7 heteroatoms. The van der Waals surface area contributed by atoms with E-state index >= 15 is 0 Å². The molecule has 0 spiro atoms. The smallest absolute Gasteiger partial charge is 0.240 e. The van der Waals surface area contributed by atoms with Crippen LogP contribution in [0.4, 0.5) is 11.8 Å². The highest BCUT2D eigenvalue weighted by Gasteiger charge is 2.08. The Morgan fingerprint density at radius 2 is 2.21 bits per heavy atom. The molecular formula is C12H13N5OS. The third-order valence-corrected chi connectivity index (χ3v) is 3.49. The first-order valence-corrected chi connectivity index (χ1v) is 6.65. The minimum Gasteiger partial charge on any atom is -0.465 e. The van der Waals surface area contributed by atoms with E-state index in [0.29, 0.717) is 12.5 Å². The highest BCUT2D eigenvalue weighted by atomic mass is 32.1. The van der Waals surface area contributed by atoms with Gasteiger partial charge in [0.1, 0.15) is 22.2 Å². The van der Waals surface area contributed by atoms with Gasteiger partial charge in [0, 0.05) is 0 Å². The number of nitrogens with one attached hydrogen (secondary N) is 2. The van der Waals surface area contributed by atoms with Gasteiger partial charge in [-0.2, -0.15) is 4.98 Å². The fraction of sp³-hybridized carbons (Fsp3) is 0.167. The third kappa shape index (κ3) is 2.38. The van der Waals surface area contributed by atoms with Gasteiger partial charge in [-0.1, -0.05) is 0 Å². The Balaban J connectivity index is 1.88. The fourth-order valence-corrected chi connectivity index (χ4v) is 2.57. The second-order valence-electron chi connectivity index (χ2n) is 4.05. The summed E-state index contributed by atoms with van der Waals surface area (Å²) in [6.07, 6.45) is 0. The van der Waals surface area contributed by atoms with E-state index in [1.165, 1.54) is 0 Å². The maximum absolute atomic E-state index is 5.51. The first-order valence-electron chi connectivity index (χ1n) is 5.77. The number of nitrogens with two attached hydrogens (primary N) is 1. The lowest BCUT2D eigenvalue weighted by atomic mass is 10.3. The van der Waals surface area contributed by atoms with Crippen LogP contribution in [0.5, 0.6) is 0 Å². The normalized spacial score (nSPS) is 10.8. The average molecular weight is 275 g/mol. The van der Waals surface area contributed by atoms with E-state index in [1.54, 1.807) is 11.3 Å². The molecule has 3 rings (SSSR count). The van der Waals surface area contributed by atoms with Gasteiger partial charge >= 0.3 is 0 Å². The number of furan rings is 1. The Hall–Kier alpha value is -2.12. The number of aromatic nitrogens is 2. The molecule has 0 atom stereocenters. The summed E-state index contributed by atoms with van der Waals surface area (Å²) >= 11 is 1.55. The number of fused-ring (bicyclic) bond motifs is 1. The molecule has 0 saturated carbocycles. The van der Waals surface area contributed by atoms with E-state index in [9.17, 15) is 0 Å². The molecule has 19 heavy (non-hydrogen) atoms. The number of thiophene rings is 1. The molecule has 0 fully saturated rings. The molecule has 0 bridgehead atoms. The summed E-state index contributed by atoms with van der Waals surface area (Å²) in [6.45, 7) is 2.49. The molecule has 0 unspecified atom stereocenters. The Labute approximate surface area is 113 Å². The van der Waals surface area contributed by atoms with Crippen molar-refractivity contribution in [3.63, 3.8) is 0 Å². The van der Waals surface area contributed by atoms with E-state index in [4.69, 9.17) is 10.3 Å². The number of hydrazine groups is 1. The third-order valence-electron chi connectivity index (χ3n) is 2.68. The van der Waals surface area contributed by atoms with Gasteiger partial charge in [0.2, 0.25) is 5.95 Å². The van der Waals surface area contributed by atoms with Crippen molar-refractivity contribution in [1.29, 1.82) is 0 Å². The van der Waals surface area contributed by atoms with Crippen molar-refractivity contribution in [2.75, 3.05) is 10.7 Å². The van der Waals surface area contributed by atoms with E-state index in [0.717, 1.165) is 27.6 Å². The number of anilines is 2. The Kier molecular flexibility index (Phi) is 3.06. The molecule has 0 aliphatic carbocycles.